The number of para-hydroxylation sites is 1. The van der Waals surface area contributed by atoms with Crippen molar-refractivity contribution in [2.24, 2.45) is 22.7 Å². The van der Waals surface area contributed by atoms with E-state index in [1.54, 1.807) is 0 Å². The van der Waals surface area contributed by atoms with E-state index in [0.29, 0.717) is 11.8 Å². The molecule has 5 atom stereocenters. The maximum Gasteiger partial charge on any atom is 0.0597 e. The fraction of sp³-hybridized carbons (Fsp3) is 0.571. The molecule has 1 unspecified atom stereocenters. The largest absolute Gasteiger partial charge is 0.393 e. The number of hydrogen-bond acceptors (Lipinski definition) is 1. The van der Waals surface area contributed by atoms with Crippen molar-refractivity contribution < 1.29 is 5.11 Å². The first kappa shape index (κ1) is 21.4. The van der Waals surface area contributed by atoms with E-state index in [2.05, 4.69) is 75.7 Å². The first-order chi connectivity index (χ1) is 14.2. The van der Waals surface area contributed by atoms with Crippen LogP contribution in [-0.4, -0.2) is 16.2 Å². The van der Waals surface area contributed by atoms with Gasteiger partial charge in [-0.3, -0.25) is 0 Å². The van der Waals surface area contributed by atoms with Gasteiger partial charge in [-0.2, -0.15) is 0 Å². The smallest absolute Gasteiger partial charge is 0.0597 e. The maximum absolute atomic E-state index is 11.1. The van der Waals surface area contributed by atoms with Gasteiger partial charge in [0, 0.05) is 11.2 Å². The van der Waals surface area contributed by atoms with Crippen LogP contribution in [0.25, 0.3) is 10.9 Å². The van der Waals surface area contributed by atoms with Crippen molar-refractivity contribution in [1.29, 1.82) is 0 Å². The number of benzene rings is 1. The number of H-pyrrole nitrogens is 1. The number of hydrogen-bond donors (Lipinski definition) is 2. The molecule has 0 radical (unpaired) electrons. The molecule has 2 nitrogen and oxygen atoms in total. The Morgan fingerprint density at radius 1 is 1.23 bits per heavy atom. The Kier molecular flexibility index (Phi) is 5.74. The highest BCUT2D eigenvalue weighted by Crippen LogP contribution is 2.62. The van der Waals surface area contributed by atoms with Crippen molar-refractivity contribution in [2.75, 3.05) is 0 Å². The summed E-state index contributed by atoms with van der Waals surface area (Å²) in [4.78, 5) is 3.65. The minimum Gasteiger partial charge on any atom is -0.393 e. The summed E-state index contributed by atoms with van der Waals surface area (Å²) in [5.74, 6) is 1.01. The molecule has 2 fully saturated rings. The van der Waals surface area contributed by atoms with Crippen LogP contribution in [0.1, 0.15) is 71.9 Å². The molecular formula is C28H39NO. The van der Waals surface area contributed by atoms with Crippen LogP contribution in [-0.2, 0) is 6.42 Å². The normalized spacial score (nSPS) is 34.0. The minimum absolute atomic E-state index is 0.0155. The van der Waals surface area contributed by atoms with E-state index in [9.17, 15) is 5.11 Å². The molecular weight excluding hydrogens is 366 g/mol. The monoisotopic (exact) mass is 405 g/mol. The topological polar surface area (TPSA) is 36.0 Å². The zero-order valence-electron chi connectivity index (χ0n) is 19.3. The molecule has 1 heterocycles. The molecule has 0 amide bonds. The van der Waals surface area contributed by atoms with E-state index in [1.165, 1.54) is 34.2 Å². The number of aromatic nitrogens is 1. The third kappa shape index (κ3) is 3.68. The van der Waals surface area contributed by atoms with Gasteiger partial charge in [0.05, 0.1) is 6.10 Å². The predicted octanol–water partition coefficient (Wildman–Crippen LogP) is 7.21. The van der Waals surface area contributed by atoms with Crippen LogP contribution >= 0.6 is 0 Å². The summed E-state index contributed by atoms with van der Waals surface area (Å²) in [6, 6.07) is 10.9. The van der Waals surface area contributed by atoms with Crippen molar-refractivity contribution in [3.05, 3.63) is 59.8 Å². The number of aliphatic hydroxyl groups excluding tert-OH is 1. The van der Waals surface area contributed by atoms with E-state index in [-0.39, 0.29) is 16.9 Å². The zero-order valence-corrected chi connectivity index (χ0v) is 19.3. The SMILES string of the molecule is C=C1CC[C@H]2[C@](C)(CCC=C(C)C)[C@@H](O)CC[C@]2(C)C1Cc1cc2ccccc2[nH]1. The van der Waals surface area contributed by atoms with Gasteiger partial charge in [0.15, 0.2) is 0 Å². The van der Waals surface area contributed by atoms with Gasteiger partial charge in [-0.25, -0.2) is 0 Å². The van der Waals surface area contributed by atoms with Crippen molar-refractivity contribution in [3.63, 3.8) is 0 Å². The highest BCUT2D eigenvalue weighted by molar-refractivity contribution is 5.80. The van der Waals surface area contributed by atoms with Gasteiger partial charge in [-0.15, -0.1) is 0 Å². The molecule has 2 aliphatic carbocycles. The summed E-state index contributed by atoms with van der Waals surface area (Å²) in [5, 5.41) is 12.4. The lowest BCUT2D eigenvalue weighted by Crippen LogP contribution is -2.56. The molecule has 0 saturated heterocycles. The second-order valence-corrected chi connectivity index (χ2v) is 10.8. The lowest BCUT2D eigenvalue weighted by Gasteiger charge is -2.60. The predicted molar refractivity (Wildman–Crippen MR) is 127 cm³/mol. The Bertz CT molecular complexity index is 915. The fourth-order valence-corrected chi connectivity index (χ4v) is 6.84. The third-order valence-corrected chi connectivity index (χ3v) is 8.60. The summed E-state index contributed by atoms with van der Waals surface area (Å²) in [7, 11) is 0. The molecule has 4 rings (SSSR count). The third-order valence-electron chi connectivity index (χ3n) is 8.60. The Balaban J connectivity index is 1.63. The summed E-state index contributed by atoms with van der Waals surface area (Å²) < 4.78 is 0. The van der Waals surface area contributed by atoms with Crippen LogP contribution in [0.5, 0.6) is 0 Å². The van der Waals surface area contributed by atoms with E-state index in [0.717, 1.165) is 38.5 Å². The zero-order chi connectivity index (χ0) is 21.5. The first-order valence-electron chi connectivity index (χ1n) is 11.8. The lowest BCUT2D eigenvalue weighted by molar-refractivity contribution is -0.136. The standard InChI is InChI=1S/C28H39NO/c1-19(2)9-8-15-28(5)25-13-12-20(3)23(27(25,4)16-14-26(28)30)18-22-17-21-10-6-7-11-24(21)29-22/h6-7,9-11,17,23,25-26,29-30H,3,8,12-16,18H2,1-2,4-5H3/t23?,25-,26+,27-,28+/m1/s1. The summed E-state index contributed by atoms with van der Waals surface area (Å²) in [6.07, 6.45) is 9.59. The van der Waals surface area contributed by atoms with E-state index in [4.69, 9.17) is 0 Å². The molecule has 2 aliphatic rings. The average Bonchev–Trinajstić information content (AvgIpc) is 3.11. The van der Waals surface area contributed by atoms with Gasteiger partial charge in [0.2, 0.25) is 0 Å². The Hall–Kier alpha value is -1.80. The Labute approximate surface area is 182 Å². The van der Waals surface area contributed by atoms with Crippen LogP contribution < -0.4 is 0 Å². The van der Waals surface area contributed by atoms with Crippen LogP contribution in [0.3, 0.4) is 0 Å². The molecule has 2 saturated carbocycles. The second kappa shape index (κ2) is 8.04. The highest BCUT2D eigenvalue weighted by atomic mass is 16.3. The van der Waals surface area contributed by atoms with Crippen LogP contribution in [0.15, 0.2) is 54.1 Å². The molecule has 2 N–H and O–H groups in total. The summed E-state index contributed by atoms with van der Waals surface area (Å²) in [5.41, 5.74) is 5.52. The number of fused-ring (bicyclic) bond motifs is 2. The number of allylic oxidation sites excluding steroid dienone is 3. The molecule has 0 spiro atoms. The van der Waals surface area contributed by atoms with Gasteiger partial charge in [0.25, 0.3) is 0 Å². The van der Waals surface area contributed by atoms with E-state index < -0.39 is 0 Å². The number of aliphatic hydroxyl groups is 1. The number of nitrogens with one attached hydrogen (secondary N) is 1. The first-order valence-corrected chi connectivity index (χ1v) is 11.8. The fourth-order valence-electron chi connectivity index (χ4n) is 6.84. The molecule has 30 heavy (non-hydrogen) atoms. The molecule has 0 bridgehead atoms. The van der Waals surface area contributed by atoms with Gasteiger partial charge in [-0.1, -0.05) is 55.8 Å². The molecule has 162 valence electrons. The van der Waals surface area contributed by atoms with E-state index >= 15 is 0 Å². The van der Waals surface area contributed by atoms with Gasteiger partial charge in [0.1, 0.15) is 0 Å². The second-order valence-electron chi connectivity index (χ2n) is 10.8. The van der Waals surface area contributed by atoms with Crippen molar-refractivity contribution >= 4 is 10.9 Å². The van der Waals surface area contributed by atoms with Crippen molar-refractivity contribution in [2.45, 2.75) is 78.7 Å². The summed E-state index contributed by atoms with van der Waals surface area (Å²) in [6.45, 7) is 13.8. The molecule has 2 heteroatoms. The van der Waals surface area contributed by atoms with Gasteiger partial charge >= 0.3 is 0 Å². The number of aromatic amines is 1. The minimum atomic E-state index is -0.193. The maximum atomic E-state index is 11.1. The van der Waals surface area contributed by atoms with Crippen molar-refractivity contribution in [3.8, 4) is 0 Å². The summed E-state index contributed by atoms with van der Waals surface area (Å²) >= 11 is 0. The van der Waals surface area contributed by atoms with Crippen LogP contribution in [0.4, 0.5) is 0 Å². The molecule has 2 aromatic rings. The van der Waals surface area contributed by atoms with Crippen LogP contribution in [0.2, 0.25) is 0 Å². The quantitative estimate of drug-likeness (QED) is 0.507. The van der Waals surface area contributed by atoms with Crippen molar-refractivity contribution in [1.82, 2.24) is 4.98 Å². The lowest BCUT2D eigenvalue weighted by atomic mass is 9.45. The Morgan fingerprint density at radius 2 is 2.00 bits per heavy atom. The van der Waals surface area contributed by atoms with Gasteiger partial charge in [-0.05, 0) is 99.0 Å². The van der Waals surface area contributed by atoms with Crippen LogP contribution in [0, 0.1) is 22.7 Å². The molecule has 1 aromatic heterocycles. The molecule has 1 aromatic carbocycles. The average molecular weight is 406 g/mol. The van der Waals surface area contributed by atoms with E-state index in [1.807, 2.05) is 0 Å². The highest BCUT2D eigenvalue weighted by Gasteiger charge is 2.57. The Morgan fingerprint density at radius 3 is 2.73 bits per heavy atom. The molecule has 0 aliphatic heterocycles. The number of rotatable bonds is 5. The van der Waals surface area contributed by atoms with Gasteiger partial charge < -0.3 is 10.1 Å².